The van der Waals surface area contributed by atoms with Gasteiger partial charge in [-0.3, -0.25) is 4.79 Å². The Hall–Kier alpha value is -3.11. The molecule has 0 aliphatic heterocycles. The molecule has 2 aromatic heterocycles. The molecule has 31 heavy (non-hydrogen) atoms. The van der Waals surface area contributed by atoms with Crippen LogP contribution in [-0.4, -0.2) is 43.0 Å². The highest BCUT2D eigenvalue weighted by atomic mass is 79.9. The van der Waals surface area contributed by atoms with E-state index in [1.807, 2.05) is 18.2 Å². The molecule has 0 fully saturated rings. The molecule has 0 unspecified atom stereocenters. The molecule has 2 heterocycles. The lowest BCUT2D eigenvalue weighted by Gasteiger charge is -2.12. The van der Waals surface area contributed by atoms with Crippen molar-refractivity contribution in [3.63, 3.8) is 0 Å². The molecular weight excluding hydrogens is 486 g/mol. The first-order chi connectivity index (χ1) is 15.0. The van der Waals surface area contributed by atoms with Gasteiger partial charge in [0.1, 0.15) is 5.75 Å². The van der Waals surface area contributed by atoms with Crippen LogP contribution >= 0.6 is 27.3 Å². The zero-order chi connectivity index (χ0) is 22.1. The van der Waals surface area contributed by atoms with Crippen LogP contribution in [-0.2, 0) is 0 Å². The van der Waals surface area contributed by atoms with Crippen LogP contribution in [0.4, 0.5) is 0 Å². The van der Waals surface area contributed by atoms with Crippen molar-refractivity contribution in [3.05, 3.63) is 55.3 Å². The minimum atomic E-state index is -0.249. The van der Waals surface area contributed by atoms with Crippen LogP contribution < -0.4 is 29.0 Å². The third-order valence-electron chi connectivity index (χ3n) is 4.59. The van der Waals surface area contributed by atoms with Crippen molar-refractivity contribution in [2.75, 3.05) is 28.4 Å². The Balaban J connectivity index is 1.81. The summed E-state index contributed by atoms with van der Waals surface area (Å²) in [6.45, 7) is 0. The number of rotatable bonds is 6. The van der Waals surface area contributed by atoms with E-state index in [1.165, 1.54) is 37.2 Å². The highest BCUT2D eigenvalue weighted by Crippen LogP contribution is 2.40. The number of nitrogens with zero attached hydrogens (tertiary/aromatic N) is 3. The number of aromatic nitrogens is 3. The Labute approximate surface area is 189 Å². The molecule has 160 valence electrons. The molecular formula is C21H18BrN3O5S. The average Bonchev–Trinajstić information content (AvgIpc) is 3.33. The first kappa shape index (κ1) is 21.1. The predicted octanol–water partition coefficient (Wildman–Crippen LogP) is 3.16. The molecule has 4 rings (SSSR count). The molecule has 0 amide bonds. The van der Waals surface area contributed by atoms with Gasteiger partial charge in [0.05, 0.1) is 33.0 Å². The van der Waals surface area contributed by atoms with Gasteiger partial charge in [0.15, 0.2) is 17.3 Å². The molecule has 0 spiro atoms. The largest absolute Gasteiger partial charge is 0.497 e. The van der Waals surface area contributed by atoms with E-state index in [1.54, 1.807) is 25.3 Å². The minimum absolute atomic E-state index is 0.249. The normalized spacial score (nSPS) is 11.7. The lowest BCUT2D eigenvalue weighted by Crippen LogP contribution is -2.23. The summed E-state index contributed by atoms with van der Waals surface area (Å²) in [6, 6.07) is 9.04. The Bertz CT molecular complexity index is 1360. The summed E-state index contributed by atoms with van der Waals surface area (Å²) < 4.78 is 24.1. The first-order valence-corrected chi connectivity index (χ1v) is 10.6. The van der Waals surface area contributed by atoms with Gasteiger partial charge in [-0.15, -0.1) is 5.10 Å². The fourth-order valence-corrected chi connectivity index (χ4v) is 4.33. The number of thiazole rings is 1. The molecule has 0 aliphatic rings. The van der Waals surface area contributed by atoms with Crippen molar-refractivity contribution in [1.82, 2.24) is 14.6 Å². The van der Waals surface area contributed by atoms with Crippen molar-refractivity contribution < 1.29 is 18.9 Å². The molecule has 0 N–H and O–H groups in total. The van der Waals surface area contributed by atoms with Crippen molar-refractivity contribution >= 4 is 38.3 Å². The zero-order valence-electron chi connectivity index (χ0n) is 17.1. The quantitative estimate of drug-likeness (QED) is 0.399. The molecule has 4 aromatic rings. The van der Waals surface area contributed by atoms with Crippen molar-refractivity contribution in [1.29, 1.82) is 0 Å². The summed E-state index contributed by atoms with van der Waals surface area (Å²) >= 11 is 4.76. The van der Waals surface area contributed by atoms with E-state index >= 15 is 0 Å². The Kier molecular flexibility index (Phi) is 5.84. The van der Waals surface area contributed by atoms with Gasteiger partial charge in [-0.25, -0.2) is 0 Å². The van der Waals surface area contributed by atoms with Crippen molar-refractivity contribution in [2.45, 2.75) is 0 Å². The topological polar surface area (TPSA) is 84.2 Å². The summed E-state index contributed by atoms with van der Waals surface area (Å²) in [5.41, 5.74) is 1.22. The van der Waals surface area contributed by atoms with E-state index in [0.29, 0.717) is 43.9 Å². The summed E-state index contributed by atoms with van der Waals surface area (Å²) in [5.74, 6) is 2.52. The number of ether oxygens (including phenoxy) is 4. The molecule has 2 aromatic carbocycles. The molecule has 0 bridgehead atoms. The molecule has 0 saturated heterocycles. The summed E-state index contributed by atoms with van der Waals surface area (Å²) in [5, 5.41) is 4.40. The van der Waals surface area contributed by atoms with Crippen molar-refractivity contribution in [3.8, 4) is 34.4 Å². The van der Waals surface area contributed by atoms with Crippen LogP contribution in [0.1, 0.15) is 5.56 Å². The van der Waals surface area contributed by atoms with E-state index in [-0.39, 0.29) is 5.56 Å². The van der Waals surface area contributed by atoms with E-state index in [2.05, 4.69) is 26.0 Å². The van der Waals surface area contributed by atoms with Gasteiger partial charge in [-0.05, 0) is 42.0 Å². The second kappa shape index (κ2) is 8.56. The van der Waals surface area contributed by atoms with Gasteiger partial charge in [0.2, 0.25) is 10.7 Å². The van der Waals surface area contributed by atoms with Gasteiger partial charge in [0.25, 0.3) is 5.56 Å². The smallest absolute Gasteiger partial charge is 0.291 e. The van der Waals surface area contributed by atoms with E-state index in [9.17, 15) is 4.79 Å². The standard InChI is InChI=1S/C21H18BrN3O5S/c1-27-13-5-6-14(22)11(7-13)10-17-20(26)25-21(31-17)23-19(24-25)12-8-15(28-2)18(30-4)16(9-12)29-3/h5-10H,1-4H3/b17-10-. The maximum Gasteiger partial charge on any atom is 0.291 e. The van der Waals surface area contributed by atoms with Crippen LogP contribution in [0.2, 0.25) is 0 Å². The second-order valence-corrected chi connectivity index (χ2v) is 8.21. The monoisotopic (exact) mass is 503 g/mol. The highest BCUT2D eigenvalue weighted by Gasteiger charge is 2.18. The maximum atomic E-state index is 12.9. The number of hydrogen-bond acceptors (Lipinski definition) is 8. The van der Waals surface area contributed by atoms with Gasteiger partial charge in [-0.1, -0.05) is 27.3 Å². The van der Waals surface area contributed by atoms with Gasteiger partial charge in [-0.2, -0.15) is 9.50 Å². The van der Waals surface area contributed by atoms with Crippen LogP contribution in [0, 0.1) is 0 Å². The third-order valence-corrected chi connectivity index (χ3v) is 6.28. The van der Waals surface area contributed by atoms with Crippen LogP contribution in [0.25, 0.3) is 22.4 Å². The Morgan fingerprint density at radius 3 is 2.29 bits per heavy atom. The van der Waals surface area contributed by atoms with Gasteiger partial charge < -0.3 is 18.9 Å². The summed E-state index contributed by atoms with van der Waals surface area (Å²) in [7, 11) is 6.21. The second-order valence-electron chi connectivity index (χ2n) is 6.35. The molecule has 0 radical (unpaired) electrons. The van der Waals surface area contributed by atoms with Gasteiger partial charge >= 0.3 is 0 Å². The summed E-state index contributed by atoms with van der Waals surface area (Å²) in [4.78, 5) is 17.9. The van der Waals surface area contributed by atoms with E-state index in [4.69, 9.17) is 18.9 Å². The molecule has 0 aliphatic carbocycles. The van der Waals surface area contributed by atoms with E-state index in [0.717, 1.165) is 10.0 Å². The highest BCUT2D eigenvalue weighted by molar-refractivity contribution is 9.10. The predicted molar refractivity (Wildman–Crippen MR) is 122 cm³/mol. The number of benzene rings is 2. The van der Waals surface area contributed by atoms with Crippen LogP contribution in [0.3, 0.4) is 0 Å². The third kappa shape index (κ3) is 3.84. The van der Waals surface area contributed by atoms with Gasteiger partial charge in [0, 0.05) is 10.0 Å². The fraction of sp³-hybridized carbons (Fsp3) is 0.190. The average molecular weight is 504 g/mol. The fourth-order valence-electron chi connectivity index (χ4n) is 3.07. The molecule has 10 heteroatoms. The first-order valence-electron chi connectivity index (χ1n) is 9.04. The summed E-state index contributed by atoms with van der Waals surface area (Å²) in [6.07, 6.45) is 1.79. The maximum absolute atomic E-state index is 12.9. The Morgan fingerprint density at radius 2 is 1.71 bits per heavy atom. The van der Waals surface area contributed by atoms with Crippen molar-refractivity contribution in [2.24, 2.45) is 0 Å². The SMILES string of the molecule is COc1ccc(Br)c(/C=c2\sc3nc(-c4cc(OC)c(OC)c(OC)c4)nn3c2=O)c1. The Morgan fingerprint density at radius 1 is 1.00 bits per heavy atom. The zero-order valence-corrected chi connectivity index (χ0v) is 19.5. The molecule has 0 saturated carbocycles. The number of fused-ring (bicyclic) bond motifs is 1. The van der Waals surface area contributed by atoms with E-state index < -0.39 is 0 Å². The molecule has 0 atom stereocenters. The van der Waals surface area contributed by atoms with Crippen LogP contribution in [0.5, 0.6) is 23.0 Å². The number of halogens is 1. The molecule has 8 nitrogen and oxygen atoms in total. The van der Waals surface area contributed by atoms with Crippen LogP contribution in [0.15, 0.2) is 39.6 Å². The lowest BCUT2D eigenvalue weighted by atomic mass is 10.1. The lowest BCUT2D eigenvalue weighted by molar-refractivity contribution is 0.324. The number of methoxy groups -OCH3 is 4. The number of hydrogen-bond donors (Lipinski definition) is 0. The minimum Gasteiger partial charge on any atom is -0.497 e.